The summed E-state index contributed by atoms with van der Waals surface area (Å²) in [4.78, 5) is 11.9. The number of nitrogens with zero attached hydrogens (tertiary/aromatic N) is 2. The van der Waals surface area contributed by atoms with E-state index in [0.29, 0.717) is 11.4 Å². The first-order valence-corrected chi connectivity index (χ1v) is 5.34. The normalized spacial score (nSPS) is 10.1. The molecule has 0 atom stereocenters. The molecule has 94 valence electrons. The van der Waals surface area contributed by atoms with Crippen LogP contribution in [0.5, 0.6) is 5.75 Å². The van der Waals surface area contributed by atoms with Crippen molar-refractivity contribution in [2.75, 3.05) is 18.2 Å². The molecule has 0 aliphatic rings. The van der Waals surface area contributed by atoms with Gasteiger partial charge in [0.15, 0.2) is 5.69 Å². The minimum atomic E-state index is -0.335. The van der Waals surface area contributed by atoms with Crippen LogP contribution in [-0.2, 0) is 7.05 Å². The molecule has 1 heterocycles. The molecule has 2 rings (SSSR count). The third-order valence-corrected chi connectivity index (χ3v) is 2.42. The Kier molecular flexibility index (Phi) is 3.18. The molecule has 3 N–H and O–H groups in total. The van der Waals surface area contributed by atoms with Gasteiger partial charge in [0.2, 0.25) is 0 Å². The predicted octanol–water partition coefficient (Wildman–Crippen LogP) is 1.26. The van der Waals surface area contributed by atoms with Crippen LogP contribution in [0.1, 0.15) is 10.5 Å². The molecule has 6 nitrogen and oxygen atoms in total. The molecule has 0 spiro atoms. The number of methoxy groups -OCH3 is 1. The highest BCUT2D eigenvalue weighted by molar-refractivity contribution is 6.06. The Hall–Kier alpha value is -2.50. The third kappa shape index (κ3) is 2.42. The van der Waals surface area contributed by atoms with Crippen molar-refractivity contribution in [3.63, 3.8) is 0 Å². The van der Waals surface area contributed by atoms with E-state index >= 15 is 0 Å². The van der Waals surface area contributed by atoms with Crippen LogP contribution in [0.4, 0.5) is 11.4 Å². The average molecular weight is 246 g/mol. The number of amides is 1. The molecule has 0 bridgehead atoms. The molecular formula is C12H14N4O2. The van der Waals surface area contributed by atoms with Crippen LogP contribution in [0.15, 0.2) is 30.5 Å². The Morgan fingerprint density at radius 2 is 2.06 bits per heavy atom. The number of nitrogens with two attached hydrogens (primary N) is 1. The van der Waals surface area contributed by atoms with Gasteiger partial charge in [0.25, 0.3) is 5.91 Å². The van der Waals surface area contributed by atoms with Gasteiger partial charge in [-0.3, -0.25) is 9.48 Å². The van der Waals surface area contributed by atoms with Crippen molar-refractivity contribution in [3.8, 4) is 5.75 Å². The molecule has 1 aromatic heterocycles. The second kappa shape index (κ2) is 4.79. The molecule has 6 heteroatoms. The Balaban J connectivity index is 2.13. The molecule has 0 saturated carbocycles. The predicted molar refractivity (Wildman–Crippen MR) is 68.6 cm³/mol. The molecule has 0 aliphatic heterocycles. The number of aromatic nitrogens is 2. The van der Waals surface area contributed by atoms with Gasteiger partial charge < -0.3 is 15.8 Å². The summed E-state index contributed by atoms with van der Waals surface area (Å²) in [6.07, 6.45) is 1.59. The van der Waals surface area contributed by atoms with E-state index in [9.17, 15) is 4.79 Å². The fraction of sp³-hybridized carbons (Fsp3) is 0.167. The first-order chi connectivity index (χ1) is 8.60. The van der Waals surface area contributed by atoms with E-state index < -0.39 is 0 Å². The van der Waals surface area contributed by atoms with Gasteiger partial charge in [0.1, 0.15) is 5.75 Å². The van der Waals surface area contributed by atoms with Crippen molar-refractivity contribution in [1.82, 2.24) is 9.78 Å². The van der Waals surface area contributed by atoms with Crippen molar-refractivity contribution in [3.05, 3.63) is 36.2 Å². The van der Waals surface area contributed by atoms with E-state index in [2.05, 4.69) is 10.4 Å². The molecule has 1 aromatic carbocycles. The zero-order valence-corrected chi connectivity index (χ0v) is 10.2. The molecule has 2 aromatic rings. The van der Waals surface area contributed by atoms with E-state index in [1.165, 1.54) is 4.68 Å². The second-order valence-electron chi connectivity index (χ2n) is 3.79. The third-order valence-electron chi connectivity index (χ3n) is 2.42. The zero-order valence-electron chi connectivity index (χ0n) is 10.2. The van der Waals surface area contributed by atoms with Gasteiger partial charge in [0, 0.05) is 18.9 Å². The number of hydrogen-bond donors (Lipinski definition) is 2. The second-order valence-corrected chi connectivity index (χ2v) is 3.79. The fourth-order valence-corrected chi connectivity index (χ4v) is 1.55. The number of aryl methyl sites for hydroxylation is 1. The molecule has 0 unspecified atom stereocenters. The monoisotopic (exact) mass is 246 g/mol. The van der Waals surface area contributed by atoms with Crippen LogP contribution in [0, 0.1) is 0 Å². The van der Waals surface area contributed by atoms with Crippen LogP contribution >= 0.6 is 0 Å². The summed E-state index contributed by atoms with van der Waals surface area (Å²) >= 11 is 0. The molecule has 0 saturated heterocycles. The number of nitrogen functional groups attached to an aromatic ring is 1. The van der Waals surface area contributed by atoms with Crippen molar-refractivity contribution in [2.45, 2.75) is 0 Å². The lowest BCUT2D eigenvalue weighted by Crippen LogP contribution is -2.14. The summed E-state index contributed by atoms with van der Waals surface area (Å²) in [7, 11) is 3.29. The van der Waals surface area contributed by atoms with Gasteiger partial charge >= 0.3 is 0 Å². The fourth-order valence-electron chi connectivity index (χ4n) is 1.55. The van der Waals surface area contributed by atoms with Gasteiger partial charge in [-0.15, -0.1) is 0 Å². The van der Waals surface area contributed by atoms with E-state index in [1.54, 1.807) is 44.6 Å². The zero-order chi connectivity index (χ0) is 13.1. The Morgan fingerprint density at radius 1 is 1.39 bits per heavy atom. The van der Waals surface area contributed by atoms with Crippen molar-refractivity contribution >= 4 is 17.3 Å². The van der Waals surface area contributed by atoms with Crippen molar-refractivity contribution in [1.29, 1.82) is 0 Å². The number of benzene rings is 1. The van der Waals surface area contributed by atoms with Crippen LogP contribution in [0.25, 0.3) is 0 Å². The lowest BCUT2D eigenvalue weighted by Gasteiger charge is -2.05. The topological polar surface area (TPSA) is 82.2 Å². The number of carbonyl (C=O) groups excluding carboxylic acids is 1. The average Bonchev–Trinajstić information content (AvgIpc) is 2.69. The van der Waals surface area contributed by atoms with E-state index in [4.69, 9.17) is 10.5 Å². The Morgan fingerprint density at radius 3 is 2.56 bits per heavy atom. The molecule has 0 fully saturated rings. The van der Waals surface area contributed by atoms with Crippen molar-refractivity contribution < 1.29 is 9.53 Å². The van der Waals surface area contributed by atoms with Gasteiger partial charge in [-0.05, 0) is 24.3 Å². The van der Waals surface area contributed by atoms with Crippen LogP contribution in [0.3, 0.4) is 0 Å². The molecule has 0 radical (unpaired) electrons. The van der Waals surface area contributed by atoms with Crippen LogP contribution in [0.2, 0.25) is 0 Å². The number of anilines is 2. The van der Waals surface area contributed by atoms with E-state index in [0.717, 1.165) is 5.75 Å². The number of rotatable bonds is 3. The number of carbonyl (C=O) groups is 1. The smallest absolute Gasteiger partial charge is 0.278 e. The summed E-state index contributed by atoms with van der Waals surface area (Å²) in [5, 5.41) is 6.71. The van der Waals surface area contributed by atoms with Gasteiger partial charge in [-0.25, -0.2) is 0 Å². The lowest BCUT2D eigenvalue weighted by atomic mass is 10.3. The first kappa shape index (κ1) is 12.0. The summed E-state index contributed by atoms with van der Waals surface area (Å²) < 4.78 is 6.53. The Bertz CT molecular complexity index is 560. The Labute approximate surface area is 104 Å². The highest BCUT2D eigenvalue weighted by Crippen LogP contribution is 2.16. The minimum Gasteiger partial charge on any atom is -0.497 e. The summed E-state index contributed by atoms with van der Waals surface area (Å²) in [6, 6.07) is 7.01. The van der Waals surface area contributed by atoms with Crippen LogP contribution in [-0.4, -0.2) is 22.8 Å². The number of nitrogens with one attached hydrogen (secondary N) is 1. The number of ether oxygens (including phenoxy) is 1. The van der Waals surface area contributed by atoms with Crippen molar-refractivity contribution in [2.24, 2.45) is 7.05 Å². The molecule has 18 heavy (non-hydrogen) atoms. The summed E-state index contributed by atoms with van der Waals surface area (Å²) in [5.41, 5.74) is 6.90. The van der Waals surface area contributed by atoms with Gasteiger partial charge in [-0.2, -0.15) is 5.10 Å². The van der Waals surface area contributed by atoms with E-state index in [-0.39, 0.29) is 11.6 Å². The SMILES string of the molecule is COc1ccc(NC(=O)c2nn(C)cc2N)cc1. The number of hydrogen-bond acceptors (Lipinski definition) is 4. The quantitative estimate of drug-likeness (QED) is 0.854. The largest absolute Gasteiger partial charge is 0.497 e. The maximum Gasteiger partial charge on any atom is 0.278 e. The maximum absolute atomic E-state index is 11.9. The first-order valence-electron chi connectivity index (χ1n) is 5.34. The van der Waals surface area contributed by atoms with Crippen LogP contribution < -0.4 is 15.8 Å². The molecule has 1 amide bonds. The maximum atomic E-state index is 11.9. The summed E-state index contributed by atoms with van der Waals surface area (Å²) in [5.74, 6) is 0.392. The lowest BCUT2D eigenvalue weighted by molar-refractivity contribution is 0.102. The standard InChI is InChI=1S/C12H14N4O2/c1-16-7-10(13)11(15-16)12(17)14-8-3-5-9(18-2)6-4-8/h3-7H,13H2,1-2H3,(H,14,17). The molecule has 0 aliphatic carbocycles. The van der Waals surface area contributed by atoms with Gasteiger partial charge in [0.05, 0.1) is 12.8 Å². The highest BCUT2D eigenvalue weighted by atomic mass is 16.5. The van der Waals surface area contributed by atoms with Gasteiger partial charge in [-0.1, -0.05) is 0 Å². The highest BCUT2D eigenvalue weighted by Gasteiger charge is 2.13. The van der Waals surface area contributed by atoms with E-state index in [1.807, 2.05) is 0 Å². The minimum absolute atomic E-state index is 0.216. The molecular weight excluding hydrogens is 232 g/mol. The summed E-state index contributed by atoms with van der Waals surface area (Å²) in [6.45, 7) is 0.